The van der Waals surface area contributed by atoms with Crippen molar-refractivity contribution < 1.29 is 9.53 Å². The summed E-state index contributed by atoms with van der Waals surface area (Å²) in [5, 5.41) is 0.163. The molecule has 1 unspecified atom stereocenters. The quantitative estimate of drug-likeness (QED) is 0.697. The van der Waals surface area contributed by atoms with E-state index in [9.17, 15) is 4.79 Å². The van der Waals surface area contributed by atoms with Crippen LogP contribution < -0.4 is 0 Å². The summed E-state index contributed by atoms with van der Waals surface area (Å²) < 4.78 is 4.76. The Balaban J connectivity index is 4.35. The molecule has 0 aliphatic carbocycles. The van der Waals surface area contributed by atoms with Crippen molar-refractivity contribution in [3.63, 3.8) is 0 Å². The number of rotatable bonds is 3. The van der Waals surface area contributed by atoms with Crippen LogP contribution in [-0.4, -0.2) is 12.1 Å². The van der Waals surface area contributed by atoms with Crippen LogP contribution in [0.4, 0.5) is 0 Å². The fraction of sp³-hybridized carbons (Fsp3) is 0.571. The minimum atomic E-state index is -0.533. The first kappa shape index (κ1) is 12.1. The summed E-state index contributed by atoms with van der Waals surface area (Å²) in [5.41, 5.74) is 0. The normalized spacial score (nSPS) is 12.1. The van der Waals surface area contributed by atoms with Gasteiger partial charge in [-0.15, -0.1) is 0 Å². The molecule has 0 aromatic carbocycles. The van der Waals surface area contributed by atoms with Crippen LogP contribution >= 0.6 is 34.8 Å². The molecular weight excluding hydrogens is 222 g/mol. The van der Waals surface area contributed by atoms with E-state index in [0.717, 1.165) is 0 Å². The first-order valence-electron chi connectivity index (χ1n) is 3.36. The third kappa shape index (κ3) is 4.19. The fourth-order valence-electron chi connectivity index (χ4n) is 0.636. The molecule has 70 valence electrons. The van der Waals surface area contributed by atoms with Crippen molar-refractivity contribution in [1.82, 2.24) is 0 Å². The van der Waals surface area contributed by atoms with Gasteiger partial charge in [0.05, 0.1) is 5.03 Å². The topological polar surface area (TPSA) is 26.3 Å². The average Bonchev–Trinajstić information content (AvgIpc) is 1.98. The molecule has 0 heterocycles. The SMILES string of the molecule is CCC(OC(C)=O)C(Cl)=C(Cl)Cl. The van der Waals surface area contributed by atoms with Gasteiger partial charge in [0.2, 0.25) is 0 Å². The van der Waals surface area contributed by atoms with E-state index in [1.165, 1.54) is 6.92 Å². The molecule has 0 fully saturated rings. The lowest BCUT2D eigenvalue weighted by molar-refractivity contribution is -0.144. The maximum atomic E-state index is 10.6. The van der Waals surface area contributed by atoms with E-state index in [-0.39, 0.29) is 9.52 Å². The maximum absolute atomic E-state index is 10.6. The van der Waals surface area contributed by atoms with Crippen LogP contribution in [0.2, 0.25) is 0 Å². The lowest BCUT2D eigenvalue weighted by atomic mass is 10.3. The smallest absolute Gasteiger partial charge is 0.303 e. The van der Waals surface area contributed by atoms with Crippen molar-refractivity contribution in [2.75, 3.05) is 0 Å². The zero-order chi connectivity index (χ0) is 9.72. The van der Waals surface area contributed by atoms with E-state index in [2.05, 4.69) is 0 Å². The van der Waals surface area contributed by atoms with Gasteiger partial charge in [0.15, 0.2) is 0 Å². The molecule has 0 N–H and O–H groups in total. The standard InChI is InChI=1S/C7H9Cl3O2/c1-3-5(12-4(2)11)6(8)7(9)10/h5H,3H2,1-2H3. The van der Waals surface area contributed by atoms with Crippen molar-refractivity contribution in [2.45, 2.75) is 26.4 Å². The lowest BCUT2D eigenvalue weighted by Gasteiger charge is -2.13. The van der Waals surface area contributed by atoms with Gasteiger partial charge >= 0.3 is 5.97 Å². The van der Waals surface area contributed by atoms with Gasteiger partial charge in [-0.2, -0.15) is 0 Å². The average molecular weight is 232 g/mol. The molecule has 0 aromatic heterocycles. The van der Waals surface area contributed by atoms with Gasteiger partial charge < -0.3 is 4.74 Å². The molecular formula is C7H9Cl3O2. The predicted molar refractivity (Wildman–Crippen MR) is 50.4 cm³/mol. The van der Waals surface area contributed by atoms with Crippen LogP contribution in [-0.2, 0) is 9.53 Å². The number of halogens is 3. The van der Waals surface area contributed by atoms with E-state index in [1.807, 2.05) is 6.92 Å². The largest absolute Gasteiger partial charge is 0.457 e. The van der Waals surface area contributed by atoms with E-state index in [4.69, 9.17) is 39.5 Å². The Kier molecular flexibility index (Phi) is 5.72. The second-order valence-corrected chi connectivity index (χ2v) is 3.47. The lowest BCUT2D eigenvalue weighted by Crippen LogP contribution is -2.15. The Morgan fingerprint density at radius 3 is 2.17 bits per heavy atom. The van der Waals surface area contributed by atoms with E-state index in [1.54, 1.807) is 0 Å². The summed E-state index contributed by atoms with van der Waals surface area (Å²) in [6.45, 7) is 3.11. The zero-order valence-electron chi connectivity index (χ0n) is 6.73. The first-order valence-corrected chi connectivity index (χ1v) is 4.50. The Morgan fingerprint density at radius 1 is 1.42 bits per heavy atom. The van der Waals surface area contributed by atoms with Crippen LogP contribution in [0, 0.1) is 0 Å². The van der Waals surface area contributed by atoms with Crippen molar-refractivity contribution >= 4 is 40.8 Å². The van der Waals surface area contributed by atoms with Gasteiger partial charge in [0.25, 0.3) is 0 Å². The molecule has 0 aliphatic rings. The van der Waals surface area contributed by atoms with Gasteiger partial charge in [-0.25, -0.2) is 0 Å². The monoisotopic (exact) mass is 230 g/mol. The van der Waals surface area contributed by atoms with Gasteiger partial charge in [-0.05, 0) is 6.42 Å². The molecule has 0 radical (unpaired) electrons. The van der Waals surface area contributed by atoms with E-state index in [0.29, 0.717) is 6.42 Å². The second kappa shape index (κ2) is 5.68. The summed E-state index contributed by atoms with van der Waals surface area (Å²) in [5.74, 6) is -0.408. The fourth-order valence-corrected chi connectivity index (χ4v) is 1.08. The van der Waals surface area contributed by atoms with Crippen molar-refractivity contribution in [2.24, 2.45) is 0 Å². The Bertz CT molecular complexity index is 197. The minimum Gasteiger partial charge on any atom is -0.457 e. The Hall–Kier alpha value is 0.0800. The molecule has 2 nitrogen and oxygen atoms in total. The van der Waals surface area contributed by atoms with Crippen LogP contribution in [0.5, 0.6) is 0 Å². The van der Waals surface area contributed by atoms with Crippen LogP contribution in [0.15, 0.2) is 9.52 Å². The Labute approximate surface area is 86.4 Å². The summed E-state index contributed by atoms with van der Waals surface area (Å²) in [4.78, 5) is 10.6. The summed E-state index contributed by atoms with van der Waals surface area (Å²) in [6.07, 6.45) is 0.00983. The van der Waals surface area contributed by atoms with Gasteiger partial charge in [-0.1, -0.05) is 41.7 Å². The minimum absolute atomic E-state index is 0.0650. The number of hydrogen-bond donors (Lipinski definition) is 0. The molecule has 0 aliphatic heterocycles. The number of hydrogen-bond acceptors (Lipinski definition) is 2. The molecule has 12 heavy (non-hydrogen) atoms. The molecule has 0 spiro atoms. The van der Waals surface area contributed by atoms with Gasteiger partial charge in [0.1, 0.15) is 10.6 Å². The number of esters is 1. The molecule has 1 atom stereocenters. The van der Waals surface area contributed by atoms with Crippen molar-refractivity contribution in [3.05, 3.63) is 9.52 Å². The first-order chi connectivity index (χ1) is 5.49. The van der Waals surface area contributed by atoms with Crippen molar-refractivity contribution in [1.29, 1.82) is 0 Å². The summed E-state index contributed by atoms with van der Waals surface area (Å²) in [6, 6.07) is 0. The van der Waals surface area contributed by atoms with Crippen LogP contribution in [0.25, 0.3) is 0 Å². The summed E-state index contributed by atoms with van der Waals surface area (Å²) in [7, 11) is 0. The number of carbonyl (C=O) groups is 1. The van der Waals surface area contributed by atoms with E-state index < -0.39 is 12.1 Å². The molecule has 0 rings (SSSR count). The van der Waals surface area contributed by atoms with Gasteiger partial charge in [0, 0.05) is 6.92 Å². The number of ether oxygens (including phenoxy) is 1. The van der Waals surface area contributed by atoms with Crippen molar-refractivity contribution in [3.8, 4) is 0 Å². The van der Waals surface area contributed by atoms with Gasteiger partial charge in [-0.3, -0.25) is 4.79 Å². The van der Waals surface area contributed by atoms with Crippen LogP contribution in [0.1, 0.15) is 20.3 Å². The third-order valence-electron chi connectivity index (χ3n) is 1.14. The third-order valence-corrected chi connectivity index (χ3v) is 2.18. The highest BCUT2D eigenvalue weighted by molar-refractivity contribution is 6.59. The zero-order valence-corrected chi connectivity index (χ0v) is 9.00. The summed E-state index contributed by atoms with van der Waals surface area (Å²) >= 11 is 16.5. The Morgan fingerprint density at radius 2 is 1.92 bits per heavy atom. The maximum Gasteiger partial charge on any atom is 0.303 e. The number of carbonyl (C=O) groups excluding carboxylic acids is 1. The molecule has 5 heteroatoms. The molecule has 0 amide bonds. The van der Waals surface area contributed by atoms with Crippen LogP contribution in [0.3, 0.4) is 0 Å². The predicted octanol–water partition coefficient (Wildman–Crippen LogP) is 3.21. The molecule has 0 saturated carbocycles. The molecule has 0 saturated heterocycles. The molecule has 0 bridgehead atoms. The second-order valence-electron chi connectivity index (χ2n) is 2.11. The van der Waals surface area contributed by atoms with E-state index >= 15 is 0 Å². The highest BCUT2D eigenvalue weighted by Gasteiger charge is 2.16. The highest BCUT2D eigenvalue weighted by Crippen LogP contribution is 2.24. The molecule has 0 aromatic rings. The highest BCUT2D eigenvalue weighted by atomic mass is 35.5.